The van der Waals surface area contributed by atoms with Gasteiger partial charge in [-0.2, -0.15) is 0 Å². The van der Waals surface area contributed by atoms with Gasteiger partial charge in [0.05, 0.1) is 5.70 Å². The molecule has 0 saturated heterocycles. The van der Waals surface area contributed by atoms with Crippen LogP contribution in [0, 0.1) is 0 Å². The van der Waals surface area contributed by atoms with Crippen molar-refractivity contribution in [2.24, 2.45) is 0 Å². The predicted molar refractivity (Wildman–Crippen MR) is 47.2 cm³/mol. The topological polar surface area (TPSA) is 20.3 Å². The standard InChI is InChI=1S/C10H9NO/c12-8-11-7-6-9-4-2-1-3-5-10(9)11/h1-6,8H,7H2. The minimum atomic E-state index is 0.697. The minimum absolute atomic E-state index is 0.697. The van der Waals surface area contributed by atoms with Gasteiger partial charge in [0.1, 0.15) is 0 Å². The number of carbonyl (C=O) groups is 1. The van der Waals surface area contributed by atoms with Crippen molar-refractivity contribution < 1.29 is 4.79 Å². The number of carbonyl (C=O) groups excluding carboxylic acids is 1. The SMILES string of the molecule is O=CN1CC=C2C=CC=CC=C21. The van der Waals surface area contributed by atoms with Crippen LogP contribution >= 0.6 is 0 Å². The molecule has 1 aliphatic carbocycles. The summed E-state index contributed by atoms with van der Waals surface area (Å²) in [7, 11) is 0. The Kier molecular flexibility index (Phi) is 1.67. The van der Waals surface area contributed by atoms with Crippen molar-refractivity contribution >= 4 is 6.41 Å². The summed E-state index contributed by atoms with van der Waals surface area (Å²) in [6.07, 6.45) is 12.7. The van der Waals surface area contributed by atoms with Gasteiger partial charge in [-0.25, -0.2) is 0 Å². The van der Waals surface area contributed by atoms with Gasteiger partial charge in [-0.15, -0.1) is 0 Å². The third-order valence-electron chi connectivity index (χ3n) is 1.99. The molecule has 0 aromatic rings. The second kappa shape index (κ2) is 2.81. The highest BCUT2D eigenvalue weighted by atomic mass is 16.1. The van der Waals surface area contributed by atoms with Crippen LogP contribution in [0.1, 0.15) is 0 Å². The van der Waals surface area contributed by atoms with Crippen molar-refractivity contribution in [3.63, 3.8) is 0 Å². The molecule has 2 rings (SSSR count). The quantitative estimate of drug-likeness (QED) is 0.529. The first-order chi connectivity index (χ1) is 5.92. The Morgan fingerprint density at radius 1 is 1.33 bits per heavy atom. The lowest BCUT2D eigenvalue weighted by molar-refractivity contribution is -0.115. The van der Waals surface area contributed by atoms with E-state index in [9.17, 15) is 4.79 Å². The molecule has 2 aliphatic rings. The molecule has 0 radical (unpaired) electrons. The largest absolute Gasteiger partial charge is 0.311 e. The molecule has 0 N–H and O–H groups in total. The highest BCUT2D eigenvalue weighted by Gasteiger charge is 2.16. The van der Waals surface area contributed by atoms with Crippen LogP contribution in [0.4, 0.5) is 0 Å². The lowest BCUT2D eigenvalue weighted by Crippen LogP contribution is -2.16. The Bertz CT molecular complexity index is 321. The summed E-state index contributed by atoms with van der Waals surface area (Å²) in [5.74, 6) is 0. The van der Waals surface area contributed by atoms with Crippen molar-refractivity contribution in [2.45, 2.75) is 0 Å². The summed E-state index contributed by atoms with van der Waals surface area (Å²) >= 11 is 0. The molecule has 2 nitrogen and oxygen atoms in total. The van der Waals surface area contributed by atoms with Crippen LogP contribution in [0.15, 0.2) is 47.7 Å². The van der Waals surface area contributed by atoms with Crippen LogP contribution in [0.2, 0.25) is 0 Å². The van der Waals surface area contributed by atoms with Gasteiger partial charge in [-0.3, -0.25) is 4.79 Å². The monoisotopic (exact) mass is 159 g/mol. The molecular weight excluding hydrogens is 150 g/mol. The zero-order valence-corrected chi connectivity index (χ0v) is 6.60. The van der Waals surface area contributed by atoms with Gasteiger partial charge in [-0.05, 0) is 11.6 Å². The number of hydrogen-bond acceptors (Lipinski definition) is 1. The number of nitrogens with zero attached hydrogens (tertiary/aromatic N) is 1. The van der Waals surface area contributed by atoms with E-state index in [1.165, 1.54) is 0 Å². The molecule has 0 bridgehead atoms. The lowest BCUT2D eigenvalue weighted by atomic mass is 10.2. The van der Waals surface area contributed by atoms with Crippen LogP contribution < -0.4 is 0 Å². The van der Waals surface area contributed by atoms with Gasteiger partial charge in [0.25, 0.3) is 0 Å². The molecule has 2 heteroatoms. The Balaban J connectivity index is 2.39. The molecule has 60 valence electrons. The minimum Gasteiger partial charge on any atom is -0.311 e. The maximum Gasteiger partial charge on any atom is 0.214 e. The Morgan fingerprint density at radius 2 is 2.25 bits per heavy atom. The van der Waals surface area contributed by atoms with Crippen molar-refractivity contribution in [1.29, 1.82) is 0 Å². The van der Waals surface area contributed by atoms with Crippen LogP contribution in [-0.2, 0) is 4.79 Å². The van der Waals surface area contributed by atoms with E-state index in [-0.39, 0.29) is 0 Å². The average Bonchev–Trinajstić information content (AvgIpc) is 2.33. The summed E-state index contributed by atoms with van der Waals surface area (Å²) in [5, 5.41) is 0. The van der Waals surface area contributed by atoms with Gasteiger partial charge >= 0.3 is 0 Å². The number of rotatable bonds is 1. The van der Waals surface area contributed by atoms with E-state index in [0.717, 1.165) is 17.7 Å². The first-order valence-corrected chi connectivity index (χ1v) is 3.89. The Hall–Kier alpha value is -1.57. The molecule has 0 aromatic heterocycles. The Labute approximate surface area is 71.2 Å². The zero-order valence-electron chi connectivity index (χ0n) is 6.60. The van der Waals surface area contributed by atoms with Crippen molar-refractivity contribution in [1.82, 2.24) is 4.90 Å². The Morgan fingerprint density at radius 3 is 3.08 bits per heavy atom. The highest BCUT2D eigenvalue weighted by molar-refractivity contribution is 5.61. The van der Waals surface area contributed by atoms with Gasteiger partial charge in [0.2, 0.25) is 6.41 Å². The first-order valence-electron chi connectivity index (χ1n) is 3.89. The van der Waals surface area contributed by atoms with Gasteiger partial charge in [0, 0.05) is 6.54 Å². The highest BCUT2D eigenvalue weighted by Crippen LogP contribution is 2.23. The molecule has 0 unspecified atom stereocenters. The molecule has 0 fully saturated rings. The second-order valence-corrected chi connectivity index (χ2v) is 2.71. The van der Waals surface area contributed by atoms with E-state index in [2.05, 4.69) is 0 Å². The summed E-state index contributed by atoms with van der Waals surface area (Å²) in [6.45, 7) is 0.697. The fourth-order valence-corrected chi connectivity index (χ4v) is 1.38. The number of hydrogen-bond donors (Lipinski definition) is 0. The summed E-state index contributed by atoms with van der Waals surface area (Å²) < 4.78 is 0. The van der Waals surface area contributed by atoms with Gasteiger partial charge in [0.15, 0.2) is 0 Å². The number of fused-ring (bicyclic) bond motifs is 1. The van der Waals surface area contributed by atoms with E-state index >= 15 is 0 Å². The van der Waals surface area contributed by atoms with Crippen molar-refractivity contribution in [2.75, 3.05) is 6.54 Å². The molecule has 0 saturated carbocycles. The predicted octanol–water partition coefficient (Wildman–Crippen LogP) is 1.39. The van der Waals surface area contributed by atoms with E-state index in [4.69, 9.17) is 0 Å². The summed E-state index contributed by atoms with van der Waals surface area (Å²) in [5.41, 5.74) is 2.13. The molecule has 1 aliphatic heterocycles. The van der Waals surface area contributed by atoms with E-state index in [1.54, 1.807) is 4.90 Å². The maximum absolute atomic E-state index is 10.6. The lowest BCUT2D eigenvalue weighted by Gasteiger charge is -2.11. The fourth-order valence-electron chi connectivity index (χ4n) is 1.38. The normalized spacial score (nSPS) is 19.8. The molecular formula is C10H9NO. The van der Waals surface area contributed by atoms with Gasteiger partial charge in [-0.1, -0.05) is 30.4 Å². The van der Waals surface area contributed by atoms with Crippen LogP contribution in [0.3, 0.4) is 0 Å². The van der Waals surface area contributed by atoms with Crippen molar-refractivity contribution in [3.05, 3.63) is 47.7 Å². The smallest absolute Gasteiger partial charge is 0.214 e. The zero-order chi connectivity index (χ0) is 8.39. The molecule has 1 amide bonds. The van der Waals surface area contributed by atoms with E-state index < -0.39 is 0 Å². The summed E-state index contributed by atoms with van der Waals surface area (Å²) in [4.78, 5) is 12.3. The first kappa shape index (κ1) is 7.10. The molecule has 0 spiro atoms. The van der Waals surface area contributed by atoms with E-state index in [0.29, 0.717) is 6.54 Å². The maximum atomic E-state index is 10.6. The van der Waals surface area contributed by atoms with Gasteiger partial charge < -0.3 is 4.90 Å². The molecule has 0 aromatic carbocycles. The molecule has 0 atom stereocenters. The number of allylic oxidation sites excluding steroid dienone is 5. The summed E-state index contributed by atoms with van der Waals surface area (Å²) in [6, 6.07) is 0. The van der Waals surface area contributed by atoms with Crippen LogP contribution in [0.25, 0.3) is 0 Å². The molecule has 12 heavy (non-hydrogen) atoms. The fraction of sp³-hybridized carbons (Fsp3) is 0.100. The van der Waals surface area contributed by atoms with Crippen molar-refractivity contribution in [3.8, 4) is 0 Å². The van der Waals surface area contributed by atoms with E-state index in [1.807, 2.05) is 36.5 Å². The number of amides is 1. The second-order valence-electron chi connectivity index (χ2n) is 2.71. The van der Waals surface area contributed by atoms with Crippen LogP contribution in [0.5, 0.6) is 0 Å². The average molecular weight is 159 g/mol. The van der Waals surface area contributed by atoms with Crippen LogP contribution in [-0.4, -0.2) is 17.9 Å². The third kappa shape index (κ3) is 1.01. The molecule has 1 heterocycles. The third-order valence-corrected chi connectivity index (χ3v) is 1.99.